The van der Waals surface area contributed by atoms with Crippen molar-refractivity contribution in [2.24, 2.45) is 5.14 Å². The lowest BCUT2D eigenvalue weighted by Gasteiger charge is -2.08. The molecule has 26 heavy (non-hydrogen) atoms. The Morgan fingerprint density at radius 2 is 1.85 bits per heavy atom. The second-order valence-corrected chi connectivity index (χ2v) is 7.12. The van der Waals surface area contributed by atoms with Gasteiger partial charge in [0.1, 0.15) is 0 Å². The maximum atomic E-state index is 10.9. The van der Waals surface area contributed by atoms with Crippen molar-refractivity contribution in [3.05, 3.63) is 40.9 Å². The van der Waals surface area contributed by atoms with Gasteiger partial charge in [-0.1, -0.05) is 6.07 Å². The van der Waals surface area contributed by atoms with Crippen LogP contribution in [-0.2, 0) is 26.0 Å². The lowest BCUT2D eigenvalue weighted by Crippen LogP contribution is -2.14. The largest absolute Gasteiger partial charge is 0.473 e. The van der Waals surface area contributed by atoms with Gasteiger partial charge in [-0.05, 0) is 49.9 Å². The number of aromatic amines is 1. The second kappa shape index (κ2) is 9.13. The van der Waals surface area contributed by atoms with Crippen molar-refractivity contribution in [2.45, 2.75) is 6.42 Å². The molecule has 10 heteroatoms. The number of fused-ring (bicyclic) bond motifs is 1. The van der Waals surface area contributed by atoms with Gasteiger partial charge in [0.15, 0.2) is 0 Å². The van der Waals surface area contributed by atoms with Crippen LogP contribution in [0.3, 0.4) is 0 Å². The third-order valence-corrected chi connectivity index (χ3v) is 3.77. The minimum Gasteiger partial charge on any atom is -0.473 e. The maximum Gasteiger partial charge on any atom is 0.414 e. The van der Waals surface area contributed by atoms with Crippen LogP contribution in [0.5, 0.6) is 0 Å². The summed E-state index contributed by atoms with van der Waals surface area (Å²) in [5.74, 6) is -3.65. The fraction of sp³-hybridized carbons (Fsp3) is 0.250. The van der Waals surface area contributed by atoms with Crippen molar-refractivity contribution in [1.82, 2.24) is 9.88 Å². The molecule has 2 rings (SSSR count). The van der Waals surface area contributed by atoms with E-state index in [1.54, 1.807) is 0 Å². The second-order valence-electron chi connectivity index (χ2n) is 5.67. The molecular weight excluding hydrogens is 362 g/mol. The monoisotopic (exact) mass is 383 g/mol. The van der Waals surface area contributed by atoms with Crippen molar-refractivity contribution in [1.29, 1.82) is 0 Å². The van der Waals surface area contributed by atoms with Crippen LogP contribution < -0.4 is 5.14 Å². The van der Waals surface area contributed by atoms with Crippen LogP contribution in [0.1, 0.15) is 11.1 Å². The summed E-state index contributed by atoms with van der Waals surface area (Å²) < 4.78 is 21.9. The predicted octanol–water partition coefficient (Wildman–Crippen LogP) is 0.687. The molecule has 2 aromatic rings. The SMILES string of the molecule is CN(C)CCc1c[nH]c2ccc(/C=C/S(N)(=O)=O)cc12.O=C(O)C(=O)O. The van der Waals surface area contributed by atoms with E-state index in [9.17, 15) is 8.42 Å². The topological polar surface area (TPSA) is 154 Å². The molecule has 0 saturated carbocycles. The highest BCUT2D eigenvalue weighted by atomic mass is 32.2. The maximum absolute atomic E-state index is 10.9. The fourth-order valence-corrected chi connectivity index (χ4v) is 2.37. The first kappa shape index (κ1) is 21.4. The van der Waals surface area contributed by atoms with Crippen molar-refractivity contribution < 1.29 is 28.2 Å². The van der Waals surface area contributed by atoms with E-state index in [1.807, 2.05) is 38.5 Å². The highest BCUT2D eigenvalue weighted by Crippen LogP contribution is 2.21. The number of rotatable bonds is 5. The highest BCUT2D eigenvalue weighted by Gasteiger charge is 2.05. The first-order valence-electron chi connectivity index (χ1n) is 7.41. The van der Waals surface area contributed by atoms with Crippen molar-refractivity contribution in [3.63, 3.8) is 0 Å². The number of sulfonamides is 1. The number of benzene rings is 1. The molecule has 0 spiro atoms. The molecule has 5 N–H and O–H groups in total. The summed E-state index contributed by atoms with van der Waals surface area (Å²) >= 11 is 0. The van der Waals surface area contributed by atoms with Crippen LogP contribution in [0.2, 0.25) is 0 Å². The zero-order valence-electron chi connectivity index (χ0n) is 14.3. The molecule has 0 bridgehead atoms. The molecule has 0 aliphatic heterocycles. The number of H-pyrrole nitrogens is 1. The predicted molar refractivity (Wildman–Crippen MR) is 98.0 cm³/mol. The summed E-state index contributed by atoms with van der Waals surface area (Å²) in [6.45, 7) is 0.962. The Bertz CT molecular complexity index is 903. The average Bonchev–Trinajstić information content (AvgIpc) is 2.93. The summed E-state index contributed by atoms with van der Waals surface area (Å²) in [5.41, 5.74) is 3.09. The number of hydrogen-bond donors (Lipinski definition) is 4. The van der Waals surface area contributed by atoms with Gasteiger partial charge < -0.3 is 20.1 Å². The Hall–Kier alpha value is -2.69. The molecule has 0 saturated heterocycles. The number of carboxylic acids is 2. The molecule has 0 aliphatic carbocycles. The summed E-state index contributed by atoms with van der Waals surface area (Å²) in [4.78, 5) is 23.6. The molecule has 9 nitrogen and oxygen atoms in total. The van der Waals surface area contributed by atoms with E-state index >= 15 is 0 Å². The van der Waals surface area contributed by atoms with Gasteiger partial charge in [0.2, 0.25) is 10.0 Å². The zero-order valence-corrected chi connectivity index (χ0v) is 15.2. The molecule has 1 aromatic heterocycles. The normalized spacial score (nSPS) is 11.5. The number of carboxylic acid groups (broad SMARTS) is 2. The van der Waals surface area contributed by atoms with Gasteiger partial charge in [-0.15, -0.1) is 0 Å². The molecule has 0 unspecified atom stereocenters. The van der Waals surface area contributed by atoms with Crippen molar-refractivity contribution in [2.75, 3.05) is 20.6 Å². The van der Waals surface area contributed by atoms with Gasteiger partial charge in [0, 0.05) is 29.1 Å². The zero-order chi connectivity index (χ0) is 19.9. The molecule has 1 heterocycles. The van der Waals surface area contributed by atoms with Gasteiger partial charge in [-0.25, -0.2) is 23.1 Å². The van der Waals surface area contributed by atoms with Gasteiger partial charge in [-0.2, -0.15) is 0 Å². The molecule has 0 amide bonds. The van der Waals surface area contributed by atoms with E-state index in [2.05, 4.69) is 9.88 Å². The average molecular weight is 383 g/mol. The van der Waals surface area contributed by atoms with Gasteiger partial charge in [0.05, 0.1) is 0 Å². The Labute approximate surface area is 150 Å². The number of carbonyl (C=O) groups is 2. The molecule has 142 valence electrons. The smallest absolute Gasteiger partial charge is 0.414 e. The summed E-state index contributed by atoms with van der Waals surface area (Å²) in [6, 6.07) is 5.77. The first-order chi connectivity index (χ1) is 12.0. The number of primary sulfonamides is 1. The number of nitrogens with one attached hydrogen (secondary N) is 1. The molecule has 0 radical (unpaired) electrons. The number of likely N-dealkylation sites (N-methyl/N-ethyl adjacent to an activating group) is 1. The number of nitrogens with zero attached hydrogens (tertiary/aromatic N) is 1. The molecule has 0 atom stereocenters. The van der Waals surface area contributed by atoms with Crippen LogP contribution in [0, 0.1) is 0 Å². The van der Waals surface area contributed by atoms with Crippen LogP contribution in [0.15, 0.2) is 29.8 Å². The van der Waals surface area contributed by atoms with Crippen molar-refractivity contribution in [3.8, 4) is 0 Å². The molecule has 0 aliphatic rings. The third kappa shape index (κ3) is 7.47. The van der Waals surface area contributed by atoms with Crippen LogP contribution in [-0.4, -0.2) is 61.1 Å². The fourth-order valence-electron chi connectivity index (χ4n) is 2.02. The van der Waals surface area contributed by atoms with Crippen LogP contribution in [0.4, 0.5) is 0 Å². The molecule has 0 fully saturated rings. The van der Waals surface area contributed by atoms with Crippen LogP contribution >= 0.6 is 0 Å². The van der Waals surface area contributed by atoms with E-state index < -0.39 is 22.0 Å². The lowest BCUT2D eigenvalue weighted by atomic mass is 10.1. The van der Waals surface area contributed by atoms with Crippen molar-refractivity contribution >= 4 is 38.9 Å². The Morgan fingerprint density at radius 1 is 1.23 bits per heavy atom. The van der Waals surface area contributed by atoms with E-state index in [4.69, 9.17) is 24.9 Å². The van der Waals surface area contributed by atoms with Crippen LogP contribution in [0.25, 0.3) is 17.0 Å². The minimum absolute atomic E-state index is 0.817. The summed E-state index contributed by atoms with van der Waals surface area (Å²) in [7, 11) is 0.485. The van der Waals surface area contributed by atoms with Gasteiger partial charge in [0.25, 0.3) is 0 Å². The van der Waals surface area contributed by atoms with E-state index in [-0.39, 0.29) is 0 Å². The molecular formula is C16H21N3O6S. The first-order valence-corrected chi connectivity index (χ1v) is 9.02. The lowest BCUT2D eigenvalue weighted by molar-refractivity contribution is -0.159. The van der Waals surface area contributed by atoms with Gasteiger partial charge >= 0.3 is 11.9 Å². The number of aromatic nitrogens is 1. The van der Waals surface area contributed by atoms with Gasteiger partial charge in [-0.3, -0.25) is 0 Å². The Balaban J connectivity index is 0.000000487. The number of nitrogens with two attached hydrogens (primary N) is 1. The quantitative estimate of drug-likeness (QED) is 0.554. The van der Waals surface area contributed by atoms with E-state index in [1.165, 1.54) is 11.6 Å². The summed E-state index contributed by atoms with van der Waals surface area (Å²) in [6.07, 6.45) is 4.45. The Morgan fingerprint density at radius 3 is 2.35 bits per heavy atom. The summed E-state index contributed by atoms with van der Waals surface area (Å²) in [5, 5.41) is 21.9. The minimum atomic E-state index is -3.59. The highest BCUT2D eigenvalue weighted by molar-refractivity contribution is 7.92. The number of aliphatic carboxylic acids is 2. The third-order valence-electron chi connectivity index (χ3n) is 3.25. The number of hydrogen-bond acceptors (Lipinski definition) is 5. The van der Waals surface area contributed by atoms with E-state index in [0.717, 1.165) is 34.8 Å². The standard InChI is InChI=1S/C14H19N3O2S.C2H2O4/c1-17(2)7-5-12-10-16-14-4-3-11(9-13(12)14)6-8-20(15,18)19;3-1(4)2(5)6/h3-4,6,8-10,16H,5,7H2,1-2H3,(H2,15,18,19);(H,3,4)(H,5,6)/b8-6+;. The Kier molecular flexibility index (Phi) is 7.50. The van der Waals surface area contributed by atoms with E-state index in [0.29, 0.717) is 0 Å². The molecule has 1 aromatic carbocycles.